The summed E-state index contributed by atoms with van der Waals surface area (Å²) in [5.41, 5.74) is 1.18. The van der Waals surface area contributed by atoms with Crippen molar-refractivity contribution in [2.75, 3.05) is 6.54 Å². The molecule has 0 aromatic carbocycles. The number of nitrogens with zero attached hydrogens (tertiary/aromatic N) is 1. The Morgan fingerprint density at radius 3 is 2.89 bits per heavy atom. The molecule has 0 saturated heterocycles. The van der Waals surface area contributed by atoms with E-state index in [1.807, 2.05) is 12.3 Å². The van der Waals surface area contributed by atoms with Gasteiger partial charge in [-0.15, -0.1) is 0 Å². The predicted octanol–water partition coefficient (Wildman–Crippen LogP) is 4.47. The molecule has 100 valence electrons. The first kappa shape index (κ1) is 14.0. The fourth-order valence-electron chi connectivity index (χ4n) is 2.84. The average Bonchev–Trinajstić information content (AvgIpc) is 2.88. The van der Waals surface area contributed by atoms with E-state index in [-0.39, 0.29) is 0 Å². The Balaban J connectivity index is 2.06. The molecular formula is C15H23BrN2. The van der Waals surface area contributed by atoms with Crippen LogP contribution >= 0.6 is 15.9 Å². The maximum Gasteiger partial charge on any atom is 0.0714 e. The molecule has 1 fully saturated rings. The second-order valence-electron chi connectivity index (χ2n) is 5.26. The molecule has 0 radical (unpaired) electrons. The third-order valence-electron chi connectivity index (χ3n) is 3.80. The zero-order chi connectivity index (χ0) is 12.8. The Morgan fingerprint density at radius 2 is 2.22 bits per heavy atom. The maximum atomic E-state index is 4.56. The highest BCUT2D eigenvalue weighted by Crippen LogP contribution is 2.34. The molecule has 1 aromatic rings. The molecule has 3 heteroatoms. The van der Waals surface area contributed by atoms with Gasteiger partial charge < -0.3 is 5.32 Å². The molecule has 1 aliphatic carbocycles. The molecule has 1 atom stereocenters. The maximum absolute atomic E-state index is 4.56. The first-order chi connectivity index (χ1) is 8.81. The van der Waals surface area contributed by atoms with Gasteiger partial charge in [-0.1, -0.05) is 32.6 Å². The van der Waals surface area contributed by atoms with Gasteiger partial charge in [0.2, 0.25) is 0 Å². The summed E-state index contributed by atoms with van der Waals surface area (Å²) in [6.45, 7) is 3.29. The van der Waals surface area contributed by atoms with Crippen LogP contribution in [0.5, 0.6) is 0 Å². The molecule has 1 N–H and O–H groups in total. The summed E-state index contributed by atoms with van der Waals surface area (Å²) >= 11 is 3.64. The van der Waals surface area contributed by atoms with Gasteiger partial charge in [0.15, 0.2) is 0 Å². The zero-order valence-corrected chi connectivity index (χ0v) is 12.7. The zero-order valence-electron chi connectivity index (χ0n) is 11.2. The number of aromatic nitrogens is 1. The van der Waals surface area contributed by atoms with Crippen LogP contribution < -0.4 is 5.32 Å². The minimum absolute atomic E-state index is 0.406. The molecule has 0 spiro atoms. The number of nitrogens with one attached hydrogen (secondary N) is 1. The molecule has 2 nitrogen and oxygen atoms in total. The Kier molecular flexibility index (Phi) is 5.64. The monoisotopic (exact) mass is 310 g/mol. The van der Waals surface area contributed by atoms with E-state index in [0.29, 0.717) is 6.04 Å². The largest absolute Gasteiger partial charge is 0.309 e. The Morgan fingerprint density at radius 1 is 1.44 bits per heavy atom. The fourth-order valence-corrected chi connectivity index (χ4v) is 3.38. The van der Waals surface area contributed by atoms with Gasteiger partial charge in [0, 0.05) is 10.7 Å². The molecule has 1 heterocycles. The summed E-state index contributed by atoms with van der Waals surface area (Å²) in [6.07, 6.45) is 9.92. The molecular weight excluding hydrogens is 288 g/mol. The summed E-state index contributed by atoms with van der Waals surface area (Å²) in [4.78, 5) is 4.56. The standard InChI is InChI=1S/C15H23BrN2/c1-2-9-17-14(11-12-6-3-4-7-12)15-13(16)8-5-10-18-15/h5,8,10,12,14,17H,2-4,6-7,9,11H2,1H3. The molecule has 0 amide bonds. The second-order valence-corrected chi connectivity index (χ2v) is 6.12. The third-order valence-corrected chi connectivity index (χ3v) is 4.47. The normalized spacial score (nSPS) is 18.1. The van der Waals surface area contributed by atoms with Crippen LogP contribution in [0.1, 0.15) is 57.2 Å². The first-order valence-electron chi connectivity index (χ1n) is 7.15. The Bertz CT molecular complexity index is 361. The van der Waals surface area contributed by atoms with Crippen molar-refractivity contribution in [3.05, 3.63) is 28.5 Å². The van der Waals surface area contributed by atoms with E-state index in [2.05, 4.69) is 39.2 Å². The highest BCUT2D eigenvalue weighted by atomic mass is 79.9. The van der Waals surface area contributed by atoms with E-state index < -0.39 is 0 Å². The van der Waals surface area contributed by atoms with E-state index >= 15 is 0 Å². The average molecular weight is 311 g/mol. The number of pyridine rings is 1. The van der Waals surface area contributed by atoms with Crippen LogP contribution in [-0.2, 0) is 0 Å². The number of rotatable bonds is 6. The smallest absolute Gasteiger partial charge is 0.0714 e. The lowest BCUT2D eigenvalue weighted by molar-refractivity contribution is 0.388. The van der Waals surface area contributed by atoms with Crippen LogP contribution in [0.2, 0.25) is 0 Å². The molecule has 18 heavy (non-hydrogen) atoms. The van der Waals surface area contributed by atoms with E-state index in [9.17, 15) is 0 Å². The van der Waals surface area contributed by atoms with Gasteiger partial charge in [-0.05, 0) is 53.4 Å². The van der Waals surface area contributed by atoms with Gasteiger partial charge in [-0.25, -0.2) is 0 Å². The molecule has 1 aromatic heterocycles. The van der Waals surface area contributed by atoms with Crippen LogP contribution in [0, 0.1) is 5.92 Å². The van der Waals surface area contributed by atoms with Gasteiger partial charge in [0.1, 0.15) is 0 Å². The third kappa shape index (κ3) is 3.79. The van der Waals surface area contributed by atoms with Crippen LogP contribution in [0.3, 0.4) is 0 Å². The minimum atomic E-state index is 0.406. The van der Waals surface area contributed by atoms with Gasteiger partial charge in [-0.3, -0.25) is 4.98 Å². The van der Waals surface area contributed by atoms with Gasteiger partial charge >= 0.3 is 0 Å². The minimum Gasteiger partial charge on any atom is -0.309 e. The predicted molar refractivity (Wildman–Crippen MR) is 79.5 cm³/mol. The lowest BCUT2D eigenvalue weighted by atomic mass is 9.96. The highest BCUT2D eigenvalue weighted by Gasteiger charge is 2.22. The number of hydrogen-bond donors (Lipinski definition) is 1. The van der Waals surface area contributed by atoms with Crippen molar-refractivity contribution in [3.63, 3.8) is 0 Å². The van der Waals surface area contributed by atoms with Crippen molar-refractivity contribution >= 4 is 15.9 Å². The van der Waals surface area contributed by atoms with Crippen molar-refractivity contribution in [3.8, 4) is 0 Å². The quantitative estimate of drug-likeness (QED) is 0.838. The molecule has 1 unspecified atom stereocenters. The van der Waals surface area contributed by atoms with Crippen molar-refractivity contribution in [2.24, 2.45) is 5.92 Å². The lowest BCUT2D eigenvalue weighted by Crippen LogP contribution is -2.25. The molecule has 0 bridgehead atoms. The van der Waals surface area contributed by atoms with Crippen LogP contribution in [0.15, 0.2) is 22.8 Å². The molecule has 1 aliphatic rings. The Hall–Kier alpha value is -0.410. The van der Waals surface area contributed by atoms with E-state index in [0.717, 1.165) is 16.9 Å². The highest BCUT2D eigenvalue weighted by molar-refractivity contribution is 9.10. The van der Waals surface area contributed by atoms with Crippen LogP contribution in [0.4, 0.5) is 0 Å². The van der Waals surface area contributed by atoms with E-state index in [1.165, 1.54) is 44.2 Å². The summed E-state index contributed by atoms with van der Waals surface area (Å²) in [6, 6.07) is 4.49. The van der Waals surface area contributed by atoms with Gasteiger partial charge in [-0.2, -0.15) is 0 Å². The van der Waals surface area contributed by atoms with E-state index in [4.69, 9.17) is 0 Å². The lowest BCUT2D eigenvalue weighted by Gasteiger charge is -2.22. The van der Waals surface area contributed by atoms with Crippen LogP contribution in [0.25, 0.3) is 0 Å². The van der Waals surface area contributed by atoms with Crippen molar-refractivity contribution in [1.82, 2.24) is 10.3 Å². The first-order valence-corrected chi connectivity index (χ1v) is 7.94. The van der Waals surface area contributed by atoms with Crippen molar-refractivity contribution in [2.45, 2.75) is 51.5 Å². The topological polar surface area (TPSA) is 24.9 Å². The number of hydrogen-bond acceptors (Lipinski definition) is 2. The Labute approximate surface area is 119 Å². The van der Waals surface area contributed by atoms with E-state index in [1.54, 1.807) is 0 Å². The fraction of sp³-hybridized carbons (Fsp3) is 0.667. The van der Waals surface area contributed by atoms with Crippen molar-refractivity contribution in [1.29, 1.82) is 0 Å². The second kappa shape index (κ2) is 7.25. The summed E-state index contributed by atoms with van der Waals surface area (Å²) in [5.74, 6) is 0.883. The molecule has 0 aliphatic heterocycles. The summed E-state index contributed by atoms with van der Waals surface area (Å²) in [5, 5.41) is 3.66. The SMILES string of the molecule is CCCNC(CC1CCCC1)c1ncccc1Br. The number of halogens is 1. The van der Waals surface area contributed by atoms with Gasteiger partial charge in [0.25, 0.3) is 0 Å². The molecule has 2 rings (SSSR count). The van der Waals surface area contributed by atoms with Crippen molar-refractivity contribution < 1.29 is 0 Å². The molecule has 1 saturated carbocycles. The summed E-state index contributed by atoms with van der Waals surface area (Å²) < 4.78 is 1.14. The van der Waals surface area contributed by atoms with Gasteiger partial charge in [0.05, 0.1) is 11.7 Å². The summed E-state index contributed by atoms with van der Waals surface area (Å²) in [7, 11) is 0. The van der Waals surface area contributed by atoms with Crippen LogP contribution in [-0.4, -0.2) is 11.5 Å².